The number of nitro benzene ring substituents is 1. The molecule has 0 aromatic heterocycles. The molecule has 1 N–H and O–H groups in total. The Hall–Kier alpha value is -3.67. The molecule has 206 valence electrons. The summed E-state index contributed by atoms with van der Waals surface area (Å²) in [6.45, 7) is 2.63. The monoisotopic (exact) mass is 546 g/mol. The van der Waals surface area contributed by atoms with Crippen LogP contribution in [0.2, 0.25) is 0 Å². The molecule has 11 nitrogen and oxygen atoms in total. The Morgan fingerprint density at radius 1 is 1.16 bits per heavy atom. The fraction of sp³-hybridized carbons (Fsp3) is 0.462. The highest BCUT2D eigenvalue weighted by Gasteiger charge is 2.32. The number of nitrogens with zero attached hydrogens (tertiary/aromatic N) is 3. The topological polar surface area (TPSA) is 139 Å². The van der Waals surface area contributed by atoms with Crippen molar-refractivity contribution in [2.45, 2.75) is 58.2 Å². The van der Waals surface area contributed by atoms with Gasteiger partial charge < -0.3 is 15.0 Å². The van der Waals surface area contributed by atoms with Gasteiger partial charge in [-0.3, -0.25) is 24.0 Å². The number of carbonyl (C=O) groups is 2. The van der Waals surface area contributed by atoms with Crippen LogP contribution in [0.15, 0.2) is 42.5 Å². The molecule has 0 radical (unpaired) electrons. The fourth-order valence-electron chi connectivity index (χ4n) is 4.48. The zero-order chi connectivity index (χ0) is 28.0. The number of anilines is 1. The van der Waals surface area contributed by atoms with Gasteiger partial charge >= 0.3 is 0 Å². The van der Waals surface area contributed by atoms with E-state index in [0.717, 1.165) is 47.9 Å². The Balaban J connectivity index is 1.94. The Kier molecular flexibility index (Phi) is 9.31. The minimum Gasteiger partial charge on any atom is -0.497 e. The van der Waals surface area contributed by atoms with Gasteiger partial charge in [0.1, 0.15) is 18.3 Å². The van der Waals surface area contributed by atoms with Gasteiger partial charge in [-0.1, -0.05) is 31.0 Å². The van der Waals surface area contributed by atoms with Gasteiger partial charge in [0, 0.05) is 24.7 Å². The van der Waals surface area contributed by atoms with E-state index in [1.165, 1.54) is 24.1 Å². The molecule has 3 rings (SSSR count). The van der Waals surface area contributed by atoms with Crippen molar-refractivity contribution in [2.24, 2.45) is 0 Å². The molecule has 0 spiro atoms. The van der Waals surface area contributed by atoms with E-state index in [2.05, 4.69) is 5.32 Å². The SMILES string of the molecule is COc1ccc(CN(C(=O)CN(c2cc([N+](=O)[O-])ccc2C)S(C)(=O)=O)[C@H](C)C(=O)NC2CCCC2)cc1. The van der Waals surface area contributed by atoms with Crippen LogP contribution in [0.3, 0.4) is 0 Å². The smallest absolute Gasteiger partial charge is 0.271 e. The van der Waals surface area contributed by atoms with Crippen molar-refractivity contribution < 1.29 is 27.7 Å². The lowest BCUT2D eigenvalue weighted by atomic mass is 10.1. The number of nitrogens with one attached hydrogen (secondary N) is 1. The number of hydrogen-bond donors (Lipinski definition) is 1. The number of ether oxygens (including phenoxy) is 1. The van der Waals surface area contributed by atoms with Gasteiger partial charge in [0.25, 0.3) is 5.69 Å². The van der Waals surface area contributed by atoms with Crippen LogP contribution in [-0.4, -0.2) is 62.0 Å². The molecule has 0 unspecified atom stereocenters. The number of rotatable bonds is 11. The quantitative estimate of drug-likeness (QED) is 0.337. The van der Waals surface area contributed by atoms with Gasteiger partial charge in [0.15, 0.2) is 0 Å². The minimum atomic E-state index is -4.01. The molecular formula is C26H34N4O7S. The lowest BCUT2D eigenvalue weighted by Gasteiger charge is -2.32. The summed E-state index contributed by atoms with van der Waals surface area (Å²) in [5.41, 5.74) is 0.897. The first-order valence-electron chi connectivity index (χ1n) is 12.4. The summed E-state index contributed by atoms with van der Waals surface area (Å²) >= 11 is 0. The summed E-state index contributed by atoms with van der Waals surface area (Å²) in [4.78, 5) is 38.9. The third-order valence-electron chi connectivity index (χ3n) is 6.73. The van der Waals surface area contributed by atoms with Crippen LogP contribution < -0.4 is 14.4 Å². The van der Waals surface area contributed by atoms with E-state index >= 15 is 0 Å². The molecule has 2 amide bonds. The number of nitro groups is 1. The second-order valence-electron chi connectivity index (χ2n) is 9.53. The third kappa shape index (κ3) is 7.21. The zero-order valence-corrected chi connectivity index (χ0v) is 22.9. The van der Waals surface area contributed by atoms with Crippen molar-refractivity contribution in [3.05, 3.63) is 63.7 Å². The average Bonchev–Trinajstić information content (AvgIpc) is 3.38. The predicted molar refractivity (Wildman–Crippen MR) is 143 cm³/mol. The van der Waals surface area contributed by atoms with E-state index in [-0.39, 0.29) is 29.9 Å². The second kappa shape index (κ2) is 12.2. The van der Waals surface area contributed by atoms with Crippen LogP contribution in [-0.2, 0) is 26.2 Å². The lowest BCUT2D eigenvalue weighted by Crippen LogP contribution is -2.52. The number of carbonyl (C=O) groups excluding carboxylic acids is 2. The summed E-state index contributed by atoms with van der Waals surface area (Å²) < 4.78 is 31.6. The molecule has 0 bridgehead atoms. The first-order valence-corrected chi connectivity index (χ1v) is 14.2. The highest BCUT2D eigenvalue weighted by Crippen LogP contribution is 2.28. The third-order valence-corrected chi connectivity index (χ3v) is 7.86. The summed E-state index contributed by atoms with van der Waals surface area (Å²) in [5, 5.41) is 14.3. The Labute approximate surface area is 223 Å². The number of sulfonamides is 1. The highest BCUT2D eigenvalue weighted by atomic mass is 32.2. The first kappa shape index (κ1) is 28.9. The zero-order valence-electron chi connectivity index (χ0n) is 22.0. The minimum absolute atomic E-state index is 0.0301. The van der Waals surface area contributed by atoms with E-state index in [1.54, 1.807) is 38.1 Å². The molecule has 1 fully saturated rings. The van der Waals surface area contributed by atoms with Crippen LogP contribution in [0.1, 0.15) is 43.7 Å². The second-order valence-corrected chi connectivity index (χ2v) is 11.4. The van der Waals surface area contributed by atoms with Gasteiger partial charge in [-0.2, -0.15) is 0 Å². The van der Waals surface area contributed by atoms with Gasteiger partial charge in [-0.25, -0.2) is 8.42 Å². The van der Waals surface area contributed by atoms with Crippen LogP contribution >= 0.6 is 0 Å². The number of non-ortho nitro benzene ring substituents is 1. The standard InChI is InChI=1S/C26H34N4O7S/c1-18-9-12-22(30(33)34)15-24(18)29(38(4,35)36)17-25(31)28(16-20-10-13-23(37-3)14-11-20)19(2)26(32)27-21-7-5-6-8-21/h9-15,19,21H,5-8,16-17H2,1-4H3,(H,27,32)/t19-/m1/s1. The van der Waals surface area contributed by atoms with E-state index in [0.29, 0.717) is 11.3 Å². The molecule has 2 aromatic carbocycles. The summed E-state index contributed by atoms with van der Waals surface area (Å²) in [6.07, 6.45) is 4.74. The van der Waals surface area contributed by atoms with Crippen molar-refractivity contribution in [3.63, 3.8) is 0 Å². The number of aryl methyl sites for hydroxylation is 1. The van der Waals surface area contributed by atoms with Gasteiger partial charge in [-0.15, -0.1) is 0 Å². The molecule has 0 saturated heterocycles. The van der Waals surface area contributed by atoms with E-state index in [9.17, 15) is 28.1 Å². The Morgan fingerprint density at radius 2 is 1.79 bits per heavy atom. The molecular weight excluding hydrogens is 512 g/mol. The molecule has 2 aromatic rings. The van der Waals surface area contributed by atoms with E-state index < -0.39 is 33.4 Å². The maximum atomic E-state index is 13.7. The van der Waals surface area contributed by atoms with Crippen molar-refractivity contribution in [3.8, 4) is 5.75 Å². The van der Waals surface area contributed by atoms with Crippen LogP contribution in [0.4, 0.5) is 11.4 Å². The number of hydrogen-bond acceptors (Lipinski definition) is 7. The molecule has 1 aliphatic carbocycles. The molecule has 1 aliphatic rings. The van der Waals surface area contributed by atoms with Gasteiger partial charge in [0.05, 0.1) is 24.0 Å². The molecule has 0 heterocycles. The van der Waals surface area contributed by atoms with Crippen molar-refractivity contribution >= 4 is 33.2 Å². The van der Waals surface area contributed by atoms with Crippen LogP contribution in [0.5, 0.6) is 5.75 Å². The van der Waals surface area contributed by atoms with Crippen LogP contribution in [0, 0.1) is 17.0 Å². The molecule has 0 aliphatic heterocycles. The van der Waals surface area contributed by atoms with Crippen molar-refractivity contribution in [1.29, 1.82) is 0 Å². The van der Waals surface area contributed by atoms with E-state index in [1.807, 2.05) is 0 Å². The van der Waals surface area contributed by atoms with E-state index in [4.69, 9.17) is 4.74 Å². The summed E-state index contributed by atoms with van der Waals surface area (Å²) in [7, 11) is -2.47. The first-order chi connectivity index (χ1) is 17.9. The number of benzene rings is 2. The maximum Gasteiger partial charge on any atom is 0.271 e. The summed E-state index contributed by atoms with van der Waals surface area (Å²) in [6, 6.07) is 9.98. The Morgan fingerprint density at radius 3 is 2.34 bits per heavy atom. The summed E-state index contributed by atoms with van der Waals surface area (Å²) in [5.74, 6) is -0.314. The molecule has 38 heavy (non-hydrogen) atoms. The molecule has 1 saturated carbocycles. The van der Waals surface area contributed by atoms with Crippen LogP contribution in [0.25, 0.3) is 0 Å². The lowest BCUT2D eigenvalue weighted by molar-refractivity contribution is -0.384. The number of methoxy groups -OCH3 is 1. The predicted octanol–water partition coefficient (Wildman–Crippen LogP) is 3.15. The Bertz CT molecular complexity index is 1280. The maximum absolute atomic E-state index is 13.7. The van der Waals surface area contributed by atoms with Crippen molar-refractivity contribution in [1.82, 2.24) is 10.2 Å². The largest absolute Gasteiger partial charge is 0.497 e. The highest BCUT2D eigenvalue weighted by molar-refractivity contribution is 7.92. The average molecular weight is 547 g/mol. The van der Waals surface area contributed by atoms with Gasteiger partial charge in [0.2, 0.25) is 21.8 Å². The van der Waals surface area contributed by atoms with Crippen molar-refractivity contribution in [2.75, 3.05) is 24.2 Å². The number of amides is 2. The van der Waals surface area contributed by atoms with Gasteiger partial charge in [-0.05, 0) is 49.9 Å². The molecule has 1 atom stereocenters. The fourth-order valence-corrected chi connectivity index (χ4v) is 5.38. The normalized spacial score (nSPS) is 14.5. The molecule has 12 heteroatoms.